The average molecular weight is 260 g/mol. The number of hydrogen-bond acceptors (Lipinski definition) is 4. The van der Waals surface area contributed by atoms with E-state index in [0.717, 1.165) is 25.9 Å². The van der Waals surface area contributed by atoms with Crippen molar-refractivity contribution in [3.8, 4) is 0 Å². The van der Waals surface area contributed by atoms with Gasteiger partial charge in [-0.15, -0.1) is 0 Å². The molecule has 98 valence electrons. The summed E-state index contributed by atoms with van der Waals surface area (Å²) in [5.74, 6) is 0.680. The van der Waals surface area contributed by atoms with E-state index >= 15 is 0 Å². The van der Waals surface area contributed by atoms with Gasteiger partial charge in [-0.3, -0.25) is 4.79 Å². The Morgan fingerprint density at radius 1 is 1.41 bits per heavy atom. The van der Waals surface area contributed by atoms with E-state index < -0.39 is 10.0 Å². The first-order valence-corrected chi connectivity index (χ1v) is 8.00. The second-order valence-corrected chi connectivity index (χ2v) is 7.14. The van der Waals surface area contributed by atoms with Crippen LogP contribution < -0.4 is 5.32 Å². The lowest BCUT2D eigenvalue weighted by Gasteiger charge is -2.32. The van der Waals surface area contributed by atoms with E-state index in [1.165, 1.54) is 10.6 Å². The molecule has 0 aromatic heterocycles. The molecule has 17 heavy (non-hydrogen) atoms. The maximum atomic E-state index is 11.8. The molecule has 1 atom stereocenters. The van der Waals surface area contributed by atoms with Gasteiger partial charge < -0.3 is 5.32 Å². The molecule has 2 fully saturated rings. The van der Waals surface area contributed by atoms with Gasteiger partial charge in [0.25, 0.3) is 0 Å². The third-order valence-electron chi connectivity index (χ3n) is 3.68. The number of carbonyl (C=O) groups is 1. The van der Waals surface area contributed by atoms with Gasteiger partial charge in [-0.2, -0.15) is 0 Å². The molecule has 6 heteroatoms. The molecule has 0 amide bonds. The highest BCUT2D eigenvalue weighted by Gasteiger charge is 2.31. The number of rotatable bonds is 4. The van der Waals surface area contributed by atoms with Crippen molar-refractivity contribution in [2.75, 3.05) is 32.4 Å². The lowest BCUT2D eigenvalue weighted by Crippen LogP contribution is -2.48. The van der Waals surface area contributed by atoms with E-state index in [-0.39, 0.29) is 11.8 Å². The Bertz CT molecular complexity index is 390. The molecular weight excluding hydrogens is 240 g/mol. The Hall–Kier alpha value is -0.460. The van der Waals surface area contributed by atoms with Gasteiger partial charge in [-0.1, -0.05) is 0 Å². The smallest absolute Gasteiger partial charge is 0.211 e. The SMILES string of the molecule is CS(=O)(=O)N1CCCC(CC(=O)C2CNC2)C1. The summed E-state index contributed by atoms with van der Waals surface area (Å²) in [6, 6.07) is 0. The van der Waals surface area contributed by atoms with Crippen molar-refractivity contribution in [2.24, 2.45) is 11.8 Å². The minimum atomic E-state index is -3.10. The minimum Gasteiger partial charge on any atom is -0.315 e. The Labute approximate surface area is 103 Å². The Morgan fingerprint density at radius 2 is 2.12 bits per heavy atom. The van der Waals surface area contributed by atoms with Crippen LogP contribution in [0.2, 0.25) is 0 Å². The van der Waals surface area contributed by atoms with E-state index in [9.17, 15) is 13.2 Å². The van der Waals surface area contributed by atoms with Crippen LogP contribution in [0.15, 0.2) is 0 Å². The molecule has 0 aliphatic carbocycles. The van der Waals surface area contributed by atoms with Gasteiger partial charge in [-0.25, -0.2) is 12.7 Å². The first-order chi connectivity index (χ1) is 7.97. The van der Waals surface area contributed by atoms with Crippen molar-refractivity contribution in [1.29, 1.82) is 0 Å². The summed E-state index contributed by atoms with van der Waals surface area (Å²) >= 11 is 0. The first kappa shape index (κ1) is 13.0. The van der Waals surface area contributed by atoms with E-state index in [0.29, 0.717) is 25.3 Å². The van der Waals surface area contributed by atoms with Crippen LogP contribution in [0.5, 0.6) is 0 Å². The van der Waals surface area contributed by atoms with Gasteiger partial charge >= 0.3 is 0 Å². The first-order valence-electron chi connectivity index (χ1n) is 6.15. The average Bonchev–Trinajstić information content (AvgIpc) is 2.13. The van der Waals surface area contributed by atoms with Gasteiger partial charge in [0.2, 0.25) is 10.0 Å². The zero-order chi connectivity index (χ0) is 12.5. The van der Waals surface area contributed by atoms with Gasteiger partial charge in [-0.05, 0) is 18.8 Å². The van der Waals surface area contributed by atoms with Crippen molar-refractivity contribution >= 4 is 15.8 Å². The molecule has 5 nitrogen and oxygen atoms in total. The Kier molecular flexibility index (Phi) is 3.85. The quantitative estimate of drug-likeness (QED) is 0.762. The number of nitrogens with zero attached hydrogens (tertiary/aromatic N) is 1. The lowest BCUT2D eigenvalue weighted by atomic mass is 9.87. The van der Waals surface area contributed by atoms with Crippen molar-refractivity contribution in [2.45, 2.75) is 19.3 Å². The number of piperidine rings is 1. The van der Waals surface area contributed by atoms with Crippen molar-refractivity contribution in [3.63, 3.8) is 0 Å². The largest absolute Gasteiger partial charge is 0.315 e. The highest BCUT2D eigenvalue weighted by atomic mass is 32.2. The van der Waals surface area contributed by atoms with Crippen LogP contribution in [0.3, 0.4) is 0 Å². The van der Waals surface area contributed by atoms with Crippen LogP contribution in [0.25, 0.3) is 0 Å². The van der Waals surface area contributed by atoms with Crippen LogP contribution in [0.1, 0.15) is 19.3 Å². The summed E-state index contributed by atoms with van der Waals surface area (Å²) in [7, 11) is -3.10. The number of ketones is 1. The van der Waals surface area contributed by atoms with Crippen molar-refractivity contribution in [1.82, 2.24) is 9.62 Å². The maximum absolute atomic E-state index is 11.8. The molecule has 2 rings (SSSR count). The lowest BCUT2D eigenvalue weighted by molar-refractivity contribution is -0.125. The fourth-order valence-corrected chi connectivity index (χ4v) is 3.40. The van der Waals surface area contributed by atoms with Crippen LogP contribution >= 0.6 is 0 Å². The molecule has 1 N–H and O–H groups in total. The summed E-state index contributed by atoms with van der Waals surface area (Å²) < 4.78 is 24.4. The van der Waals surface area contributed by atoms with Gasteiger partial charge in [0, 0.05) is 38.5 Å². The highest BCUT2D eigenvalue weighted by Crippen LogP contribution is 2.23. The molecule has 2 aliphatic rings. The number of hydrogen-bond donors (Lipinski definition) is 1. The predicted octanol–water partition coefficient (Wildman–Crippen LogP) is -0.163. The van der Waals surface area contributed by atoms with E-state index in [1.807, 2.05) is 0 Å². The normalized spacial score (nSPS) is 27.7. The second-order valence-electron chi connectivity index (χ2n) is 5.15. The van der Waals surface area contributed by atoms with E-state index in [1.54, 1.807) is 0 Å². The van der Waals surface area contributed by atoms with Crippen LogP contribution in [-0.2, 0) is 14.8 Å². The molecule has 0 aromatic carbocycles. The summed E-state index contributed by atoms with van der Waals surface area (Å²) in [6.07, 6.45) is 3.62. The minimum absolute atomic E-state index is 0.170. The van der Waals surface area contributed by atoms with Crippen molar-refractivity contribution in [3.05, 3.63) is 0 Å². The van der Waals surface area contributed by atoms with E-state index in [2.05, 4.69) is 5.32 Å². The molecule has 1 unspecified atom stereocenters. The molecule has 0 aromatic rings. The molecule has 0 bridgehead atoms. The topological polar surface area (TPSA) is 66.5 Å². The molecule has 0 saturated carbocycles. The van der Waals surface area contributed by atoms with Crippen LogP contribution in [0, 0.1) is 11.8 Å². The molecule has 2 heterocycles. The predicted molar refractivity (Wildman–Crippen MR) is 65.1 cm³/mol. The van der Waals surface area contributed by atoms with Gasteiger partial charge in [0.15, 0.2) is 0 Å². The van der Waals surface area contributed by atoms with E-state index in [4.69, 9.17) is 0 Å². The number of Topliss-reactive ketones (excluding diaryl/α,β-unsaturated/α-hetero) is 1. The van der Waals surface area contributed by atoms with Gasteiger partial charge in [0.05, 0.1) is 6.26 Å². The molecule has 0 radical (unpaired) electrons. The molecular formula is C11H20N2O3S. The standard InChI is InChI=1S/C11H20N2O3S/c1-17(15,16)13-4-2-3-9(8-13)5-11(14)10-6-12-7-10/h9-10,12H,2-8H2,1H3. The maximum Gasteiger partial charge on any atom is 0.211 e. The molecule has 2 aliphatic heterocycles. The molecule has 2 saturated heterocycles. The van der Waals surface area contributed by atoms with Crippen LogP contribution in [0.4, 0.5) is 0 Å². The zero-order valence-electron chi connectivity index (χ0n) is 10.2. The number of carbonyl (C=O) groups excluding carboxylic acids is 1. The monoisotopic (exact) mass is 260 g/mol. The van der Waals surface area contributed by atoms with Gasteiger partial charge in [0.1, 0.15) is 5.78 Å². The summed E-state index contributed by atoms with van der Waals surface area (Å²) in [5, 5.41) is 3.09. The number of sulfonamides is 1. The second kappa shape index (κ2) is 5.04. The zero-order valence-corrected chi connectivity index (χ0v) is 11.0. The fourth-order valence-electron chi connectivity index (χ4n) is 2.46. The Balaban J connectivity index is 1.87. The third-order valence-corrected chi connectivity index (χ3v) is 4.95. The summed E-state index contributed by atoms with van der Waals surface area (Å²) in [4.78, 5) is 11.8. The summed E-state index contributed by atoms with van der Waals surface area (Å²) in [5.41, 5.74) is 0. The highest BCUT2D eigenvalue weighted by molar-refractivity contribution is 7.88. The number of nitrogens with one attached hydrogen (secondary N) is 1. The third kappa shape index (κ3) is 3.26. The fraction of sp³-hybridized carbons (Fsp3) is 0.909. The molecule has 0 spiro atoms. The van der Waals surface area contributed by atoms with Crippen molar-refractivity contribution < 1.29 is 13.2 Å². The summed E-state index contributed by atoms with van der Waals surface area (Å²) in [6.45, 7) is 2.71. The Morgan fingerprint density at radius 3 is 2.65 bits per heavy atom. The van der Waals surface area contributed by atoms with Crippen LogP contribution in [-0.4, -0.2) is 50.9 Å².